The maximum absolute atomic E-state index is 13.8. The lowest BCUT2D eigenvalue weighted by Gasteiger charge is -2.13. The maximum Gasteiger partial charge on any atom is 0.170 e. The molecule has 0 spiro atoms. The minimum absolute atomic E-state index is 0.290. The third kappa shape index (κ3) is 3.77. The fourth-order valence-corrected chi connectivity index (χ4v) is 3.44. The fraction of sp³-hybridized carbons (Fsp3) is 0.300. The second-order valence-electron chi connectivity index (χ2n) is 6.58. The molecule has 5 heteroatoms. The molecule has 4 nitrogen and oxygen atoms in total. The summed E-state index contributed by atoms with van der Waals surface area (Å²) in [5.74, 6) is 0.812. The van der Waals surface area contributed by atoms with Crippen molar-refractivity contribution in [3.63, 3.8) is 0 Å². The molecule has 1 atom stereocenters. The van der Waals surface area contributed by atoms with Crippen LogP contribution in [0.15, 0.2) is 59.3 Å². The number of halogens is 1. The molecule has 0 amide bonds. The maximum atomic E-state index is 13.8. The van der Waals surface area contributed by atoms with Crippen LogP contribution in [0.5, 0.6) is 0 Å². The standard InChI is InChI=1S/C20H20FN3O/c21-19-7-2-1-6-18(19)20-12-17(23-25-20)14-24-10-8-15(13-24)11-16-5-3-4-9-22-16/h1-7,9,12,15H,8,10-11,13-14H2. The third-order valence-electron chi connectivity index (χ3n) is 4.68. The van der Waals surface area contributed by atoms with E-state index >= 15 is 0 Å². The van der Waals surface area contributed by atoms with Gasteiger partial charge >= 0.3 is 0 Å². The molecule has 0 bridgehead atoms. The molecule has 1 unspecified atom stereocenters. The van der Waals surface area contributed by atoms with Crippen molar-refractivity contribution in [2.45, 2.75) is 19.4 Å². The Morgan fingerprint density at radius 1 is 1.12 bits per heavy atom. The molecule has 1 aliphatic rings. The highest BCUT2D eigenvalue weighted by Crippen LogP contribution is 2.25. The topological polar surface area (TPSA) is 42.2 Å². The van der Waals surface area contributed by atoms with Crippen molar-refractivity contribution >= 4 is 0 Å². The highest BCUT2D eigenvalue weighted by Gasteiger charge is 2.24. The number of likely N-dealkylation sites (tertiary alicyclic amines) is 1. The number of hydrogen-bond donors (Lipinski definition) is 0. The predicted molar refractivity (Wildman–Crippen MR) is 93.2 cm³/mol. The lowest BCUT2D eigenvalue weighted by Crippen LogP contribution is -2.20. The van der Waals surface area contributed by atoms with Crippen LogP contribution in [0, 0.1) is 11.7 Å². The van der Waals surface area contributed by atoms with Crippen LogP contribution in [0.4, 0.5) is 4.39 Å². The zero-order valence-corrected chi connectivity index (χ0v) is 13.9. The van der Waals surface area contributed by atoms with Gasteiger partial charge in [-0.05, 0) is 49.6 Å². The van der Waals surface area contributed by atoms with Crippen LogP contribution >= 0.6 is 0 Å². The fourth-order valence-electron chi connectivity index (χ4n) is 3.44. The number of aromatic nitrogens is 2. The Balaban J connectivity index is 1.37. The van der Waals surface area contributed by atoms with E-state index in [0.29, 0.717) is 17.2 Å². The molecule has 0 saturated carbocycles. The SMILES string of the molecule is Fc1ccccc1-c1cc(CN2CCC(Cc3ccccn3)C2)no1. The van der Waals surface area contributed by atoms with Crippen LogP contribution in [0.25, 0.3) is 11.3 Å². The van der Waals surface area contributed by atoms with Crippen molar-refractivity contribution in [3.8, 4) is 11.3 Å². The quantitative estimate of drug-likeness (QED) is 0.707. The smallest absolute Gasteiger partial charge is 0.170 e. The summed E-state index contributed by atoms with van der Waals surface area (Å²) < 4.78 is 19.2. The first-order valence-corrected chi connectivity index (χ1v) is 8.61. The van der Waals surface area contributed by atoms with Crippen LogP contribution in [0.1, 0.15) is 17.8 Å². The molecule has 4 rings (SSSR count). The Morgan fingerprint density at radius 3 is 2.84 bits per heavy atom. The molecule has 128 valence electrons. The molecular weight excluding hydrogens is 317 g/mol. The summed E-state index contributed by atoms with van der Waals surface area (Å²) in [7, 11) is 0. The van der Waals surface area contributed by atoms with E-state index in [1.54, 1.807) is 18.2 Å². The van der Waals surface area contributed by atoms with Crippen molar-refractivity contribution < 1.29 is 8.91 Å². The Bertz CT molecular complexity index is 834. The van der Waals surface area contributed by atoms with Crippen LogP contribution in [0.3, 0.4) is 0 Å². The van der Waals surface area contributed by atoms with Gasteiger partial charge < -0.3 is 4.52 Å². The molecule has 2 aromatic heterocycles. The van der Waals surface area contributed by atoms with E-state index < -0.39 is 0 Å². The number of pyridine rings is 1. The average Bonchev–Trinajstić information content (AvgIpc) is 3.26. The van der Waals surface area contributed by atoms with Crippen molar-refractivity contribution in [3.05, 3.63) is 71.9 Å². The summed E-state index contributed by atoms with van der Waals surface area (Å²) in [4.78, 5) is 6.79. The zero-order chi connectivity index (χ0) is 17.1. The second-order valence-corrected chi connectivity index (χ2v) is 6.58. The first-order valence-electron chi connectivity index (χ1n) is 8.61. The van der Waals surface area contributed by atoms with Crippen LogP contribution < -0.4 is 0 Å². The van der Waals surface area contributed by atoms with Crippen molar-refractivity contribution in [1.82, 2.24) is 15.0 Å². The van der Waals surface area contributed by atoms with E-state index in [9.17, 15) is 4.39 Å². The van der Waals surface area contributed by atoms with Gasteiger partial charge in [-0.25, -0.2) is 4.39 Å². The van der Waals surface area contributed by atoms with Crippen molar-refractivity contribution in [2.24, 2.45) is 5.92 Å². The summed E-state index contributed by atoms with van der Waals surface area (Å²) in [6, 6.07) is 14.5. The van der Waals surface area contributed by atoms with Gasteiger partial charge in [-0.1, -0.05) is 23.4 Å². The van der Waals surface area contributed by atoms with E-state index in [1.165, 1.54) is 6.07 Å². The Labute approximate surface area is 146 Å². The van der Waals surface area contributed by atoms with Gasteiger partial charge in [0.15, 0.2) is 5.76 Å². The average molecular weight is 337 g/mol. The number of hydrogen-bond acceptors (Lipinski definition) is 4. The van der Waals surface area contributed by atoms with E-state index in [-0.39, 0.29) is 5.82 Å². The van der Waals surface area contributed by atoms with Gasteiger partial charge in [0.2, 0.25) is 0 Å². The first kappa shape index (κ1) is 16.0. The Morgan fingerprint density at radius 2 is 2.00 bits per heavy atom. The monoisotopic (exact) mass is 337 g/mol. The van der Waals surface area contributed by atoms with Crippen molar-refractivity contribution in [1.29, 1.82) is 0 Å². The van der Waals surface area contributed by atoms with Crippen LogP contribution in [0.2, 0.25) is 0 Å². The van der Waals surface area contributed by atoms with Crippen LogP contribution in [-0.2, 0) is 13.0 Å². The van der Waals surface area contributed by atoms with Gasteiger partial charge in [0.1, 0.15) is 5.82 Å². The molecule has 1 saturated heterocycles. The molecule has 0 radical (unpaired) electrons. The van der Waals surface area contributed by atoms with Crippen LogP contribution in [-0.4, -0.2) is 28.1 Å². The van der Waals surface area contributed by atoms with E-state index in [4.69, 9.17) is 4.52 Å². The molecule has 0 aliphatic carbocycles. The Kier molecular flexibility index (Phi) is 4.57. The minimum Gasteiger partial charge on any atom is -0.356 e. The van der Waals surface area contributed by atoms with Gasteiger partial charge in [-0.2, -0.15) is 0 Å². The molecule has 1 aliphatic heterocycles. The molecule has 1 fully saturated rings. The molecule has 25 heavy (non-hydrogen) atoms. The van der Waals surface area contributed by atoms with Gasteiger partial charge in [-0.3, -0.25) is 9.88 Å². The summed E-state index contributed by atoms with van der Waals surface area (Å²) in [5, 5.41) is 4.11. The molecule has 3 aromatic rings. The number of rotatable bonds is 5. The molecule has 1 aromatic carbocycles. The summed E-state index contributed by atoms with van der Waals surface area (Å²) in [6.45, 7) is 2.80. The van der Waals surface area contributed by atoms with E-state index in [1.807, 2.05) is 24.4 Å². The molecule has 3 heterocycles. The lowest BCUT2D eigenvalue weighted by molar-refractivity contribution is 0.302. The van der Waals surface area contributed by atoms with E-state index in [2.05, 4.69) is 21.1 Å². The van der Waals surface area contributed by atoms with Crippen molar-refractivity contribution in [2.75, 3.05) is 13.1 Å². The largest absolute Gasteiger partial charge is 0.356 e. The summed E-state index contributed by atoms with van der Waals surface area (Å²) in [5.41, 5.74) is 2.45. The van der Waals surface area contributed by atoms with Gasteiger partial charge in [0.25, 0.3) is 0 Å². The highest BCUT2D eigenvalue weighted by atomic mass is 19.1. The Hall–Kier alpha value is -2.53. The van der Waals surface area contributed by atoms with Gasteiger partial charge in [-0.15, -0.1) is 0 Å². The predicted octanol–water partition coefficient (Wildman–Crippen LogP) is 3.94. The zero-order valence-electron chi connectivity index (χ0n) is 13.9. The number of benzene rings is 1. The normalized spacial score (nSPS) is 17.9. The molecular formula is C20H20FN3O. The van der Waals surface area contributed by atoms with E-state index in [0.717, 1.165) is 43.9 Å². The third-order valence-corrected chi connectivity index (χ3v) is 4.68. The number of nitrogens with zero attached hydrogens (tertiary/aromatic N) is 3. The minimum atomic E-state index is -0.290. The summed E-state index contributed by atoms with van der Waals surface area (Å²) in [6.07, 6.45) is 4.02. The van der Waals surface area contributed by atoms with Gasteiger partial charge in [0.05, 0.1) is 11.3 Å². The lowest BCUT2D eigenvalue weighted by atomic mass is 10.0. The first-order chi connectivity index (χ1) is 12.3. The summed E-state index contributed by atoms with van der Waals surface area (Å²) >= 11 is 0. The molecule has 0 N–H and O–H groups in total. The second kappa shape index (κ2) is 7.15. The highest BCUT2D eigenvalue weighted by molar-refractivity contribution is 5.57. The van der Waals surface area contributed by atoms with Gasteiger partial charge in [0, 0.05) is 31.0 Å².